The molecule has 1 aliphatic heterocycles. The Morgan fingerprint density at radius 2 is 1.86 bits per heavy atom. The van der Waals surface area contributed by atoms with Crippen molar-refractivity contribution < 1.29 is 23.7 Å². The smallest absolute Gasteiger partial charge is 0.338 e. The Bertz CT molecular complexity index is 1920. The molecular formula is C32H26BrN3O6S. The summed E-state index contributed by atoms with van der Waals surface area (Å²) in [4.78, 5) is 33.0. The van der Waals surface area contributed by atoms with Crippen LogP contribution in [0.15, 0.2) is 86.6 Å². The van der Waals surface area contributed by atoms with E-state index in [-0.39, 0.29) is 24.3 Å². The number of nitrogens with zero attached hydrogens (tertiary/aromatic N) is 3. The number of aromatic nitrogens is 1. The molecular weight excluding hydrogens is 634 g/mol. The molecule has 3 aromatic carbocycles. The van der Waals surface area contributed by atoms with E-state index in [9.17, 15) is 9.59 Å². The van der Waals surface area contributed by atoms with Gasteiger partial charge in [0.2, 0.25) is 0 Å². The van der Waals surface area contributed by atoms with Gasteiger partial charge in [0.25, 0.3) is 5.56 Å². The van der Waals surface area contributed by atoms with E-state index in [1.165, 1.54) is 23.0 Å². The van der Waals surface area contributed by atoms with Gasteiger partial charge in [-0.15, -0.1) is 0 Å². The van der Waals surface area contributed by atoms with Crippen molar-refractivity contribution in [3.8, 4) is 23.3 Å². The molecule has 1 aromatic heterocycles. The Kier molecular flexibility index (Phi) is 9.09. The number of hydrogen-bond acceptors (Lipinski definition) is 9. The molecule has 0 fully saturated rings. The van der Waals surface area contributed by atoms with E-state index in [0.29, 0.717) is 47.9 Å². The first kappa shape index (κ1) is 29.8. The van der Waals surface area contributed by atoms with Gasteiger partial charge in [0, 0.05) is 5.56 Å². The van der Waals surface area contributed by atoms with Crippen LogP contribution in [0.4, 0.5) is 0 Å². The summed E-state index contributed by atoms with van der Waals surface area (Å²) in [6.07, 6.45) is 1.73. The second kappa shape index (κ2) is 13.1. The Morgan fingerprint density at radius 1 is 1.12 bits per heavy atom. The van der Waals surface area contributed by atoms with Crippen LogP contribution in [0.3, 0.4) is 0 Å². The van der Waals surface area contributed by atoms with E-state index in [1.807, 2.05) is 48.5 Å². The fourth-order valence-corrected chi connectivity index (χ4v) is 6.34. The number of rotatable bonds is 9. The van der Waals surface area contributed by atoms with Gasteiger partial charge in [-0.1, -0.05) is 53.8 Å². The normalized spacial score (nSPS) is 14.4. The second-order valence-corrected chi connectivity index (χ2v) is 11.0. The molecule has 0 amide bonds. The van der Waals surface area contributed by atoms with Crippen LogP contribution in [0.5, 0.6) is 17.2 Å². The number of nitriles is 1. The van der Waals surface area contributed by atoms with Crippen molar-refractivity contribution in [2.45, 2.75) is 13.0 Å². The first-order valence-electron chi connectivity index (χ1n) is 13.2. The van der Waals surface area contributed by atoms with Crippen LogP contribution >= 0.6 is 27.3 Å². The molecule has 9 nitrogen and oxygen atoms in total. The minimum absolute atomic E-state index is 0.148. The lowest BCUT2D eigenvalue weighted by molar-refractivity contribution is -0.138. The molecule has 1 aliphatic rings. The van der Waals surface area contributed by atoms with Gasteiger partial charge in [-0.25, -0.2) is 9.79 Å². The Morgan fingerprint density at radius 3 is 2.51 bits per heavy atom. The maximum absolute atomic E-state index is 14.1. The van der Waals surface area contributed by atoms with E-state index in [1.54, 1.807) is 44.4 Å². The summed E-state index contributed by atoms with van der Waals surface area (Å²) in [5.74, 6) is 0.870. The molecule has 5 rings (SSSR count). The molecule has 11 heteroatoms. The third-order valence-corrected chi connectivity index (χ3v) is 8.21. The van der Waals surface area contributed by atoms with Crippen LogP contribution in [0.25, 0.3) is 11.8 Å². The van der Waals surface area contributed by atoms with Crippen molar-refractivity contribution in [1.29, 1.82) is 5.26 Å². The van der Waals surface area contributed by atoms with E-state index >= 15 is 0 Å². The number of halogens is 1. The number of thiazole rings is 1. The largest absolute Gasteiger partial charge is 0.497 e. The minimum Gasteiger partial charge on any atom is -0.497 e. The number of esters is 1. The molecule has 0 N–H and O–H groups in total. The summed E-state index contributed by atoms with van der Waals surface area (Å²) in [5, 5.41) is 8.93. The maximum Gasteiger partial charge on any atom is 0.338 e. The SMILES string of the molecule is CCOC(=O)C1=C(c2ccccc2)N=c2s/c(=C\c3cc(Br)c(OCC#N)c(OC)c3)c(=O)n2[C@@H]1c1ccc(OC)cc1. The number of carbonyl (C=O) groups is 1. The number of benzene rings is 3. The van der Waals surface area contributed by atoms with Gasteiger partial charge in [0.15, 0.2) is 22.9 Å². The van der Waals surface area contributed by atoms with Gasteiger partial charge in [-0.3, -0.25) is 9.36 Å². The Hall–Kier alpha value is -4.66. The lowest BCUT2D eigenvalue weighted by Crippen LogP contribution is -2.40. The van der Waals surface area contributed by atoms with Gasteiger partial charge >= 0.3 is 5.97 Å². The molecule has 4 aromatic rings. The van der Waals surface area contributed by atoms with Crippen LogP contribution in [-0.4, -0.2) is 38.0 Å². The highest BCUT2D eigenvalue weighted by molar-refractivity contribution is 9.10. The van der Waals surface area contributed by atoms with Crippen molar-refractivity contribution in [3.63, 3.8) is 0 Å². The Labute approximate surface area is 259 Å². The van der Waals surface area contributed by atoms with Crippen molar-refractivity contribution in [3.05, 3.63) is 113 Å². The quantitative estimate of drug-likeness (QED) is 0.241. The molecule has 218 valence electrons. The third-order valence-electron chi connectivity index (χ3n) is 6.64. The van der Waals surface area contributed by atoms with Crippen LogP contribution in [0.1, 0.15) is 29.7 Å². The average molecular weight is 661 g/mol. The summed E-state index contributed by atoms with van der Waals surface area (Å²) < 4.78 is 24.3. The summed E-state index contributed by atoms with van der Waals surface area (Å²) in [6, 6.07) is 21.2. The molecule has 1 atom stereocenters. The van der Waals surface area contributed by atoms with Gasteiger partial charge < -0.3 is 18.9 Å². The van der Waals surface area contributed by atoms with Gasteiger partial charge in [-0.05, 0) is 64.3 Å². The molecule has 43 heavy (non-hydrogen) atoms. The zero-order valence-electron chi connectivity index (χ0n) is 23.5. The first-order valence-corrected chi connectivity index (χ1v) is 14.8. The number of methoxy groups -OCH3 is 2. The zero-order valence-corrected chi connectivity index (χ0v) is 25.9. The van der Waals surface area contributed by atoms with Gasteiger partial charge in [0.1, 0.15) is 11.8 Å². The lowest BCUT2D eigenvalue weighted by Gasteiger charge is -2.26. The van der Waals surface area contributed by atoms with Crippen molar-refractivity contribution in [2.75, 3.05) is 27.4 Å². The number of hydrogen-bond donors (Lipinski definition) is 0. The van der Waals surface area contributed by atoms with Crippen molar-refractivity contribution >= 4 is 45.0 Å². The fraction of sp³-hybridized carbons (Fsp3) is 0.188. The van der Waals surface area contributed by atoms with Crippen LogP contribution in [0.2, 0.25) is 0 Å². The topological polar surface area (TPSA) is 112 Å². The molecule has 0 bridgehead atoms. The molecule has 0 spiro atoms. The Balaban J connectivity index is 1.77. The molecule has 0 aliphatic carbocycles. The molecule has 2 heterocycles. The monoisotopic (exact) mass is 659 g/mol. The summed E-state index contributed by atoms with van der Waals surface area (Å²) in [5.41, 5.74) is 2.47. The first-order chi connectivity index (χ1) is 20.9. The van der Waals surface area contributed by atoms with Crippen molar-refractivity contribution in [2.24, 2.45) is 4.99 Å². The second-order valence-electron chi connectivity index (χ2n) is 9.19. The van der Waals surface area contributed by atoms with E-state index in [2.05, 4.69) is 15.9 Å². The highest BCUT2D eigenvalue weighted by atomic mass is 79.9. The lowest BCUT2D eigenvalue weighted by atomic mass is 9.93. The predicted molar refractivity (Wildman–Crippen MR) is 166 cm³/mol. The minimum atomic E-state index is -0.804. The van der Waals surface area contributed by atoms with Gasteiger partial charge in [0.05, 0.1) is 47.1 Å². The van der Waals surface area contributed by atoms with Gasteiger partial charge in [-0.2, -0.15) is 5.26 Å². The van der Waals surface area contributed by atoms with Crippen molar-refractivity contribution in [1.82, 2.24) is 4.57 Å². The summed E-state index contributed by atoms with van der Waals surface area (Å²) >= 11 is 4.69. The highest BCUT2D eigenvalue weighted by Gasteiger charge is 2.35. The average Bonchev–Trinajstić information content (AvgIpc) is 3.34. The van der Waals surface area contributed by atoms with E-state index in [4.69, 9.17) is 29.2 Å². The third kappa shape index (κ3) is 5.98. The van der Waals surface area contributed by atoms with E-state index in [0.717, 1.165) is 5.56 Å². The van der Waals surface area contributed by atoms with Crippen LogP contribution in [0, 0.1) is 11.3 Å². The van der Waals surface area contributed by atoms with E-state index < -0.39 is 12.0 Å². The molecule has 0 radical (unpaired) electrons. The fourth-order valence-electron chi connectivity index (χ4n) is 4.76. The van der Waals surface area contributed by atoms with Crippen LogP contribution in [-0.2, 0) is 9.53 Å². The molecule has 0 saturated heterocycles. The molecule has 0 unspecified atom stereocenters. The summed E-state index contributed by atoms with van der Waals surface area (Å²) in [7, 11) is 3.07. The molecule has 0 saturated carbocycles. The zero-order chi connectivity index (χ0) is 30.5. The number of fused-ring (bicyclic) bond motifs is 1. The predicted octanol–water partition coefficient (Wildman–Crippen LogP) is 4.62. The number of ether oxygens (including phenoxy) is 4. The standard InChI is InChI=1S/C32H26BrN3O6S/c1-4-41-31(38)26-27(20-8-6-5-7-9-20)35-32-36(28(26)21-10-12-22(39-2)13-11-21)30(37)25(43-32)18-19-16-23(33)29(42-15-14-34)24(17-19)40-3/h5-13,16-18,28H,4,15H2,1-3H3/b25-18-/t28-/m1/s1. The summed E-state index contributed by atoms with van der Waals surface area (Å²) in [6.45, 7) is 1.75. The maximum atomic E-state index is 14.1. The van der Waals surface area contributed by atoms with Crippen LogP contribution < -0.4 is 29.1 Å². The number of carbonyl (C=O) groups excluding carboxylic acids is 1. The highest BCUT2D eigenvalue weighted by Crippen LogP contribution is 2.38.